The Balaban J connectivity index is 1.94. The minimum Gasteiger partial charge on any atom is -0.316 e. The molecule has 0 amide bonds. The van der Waals surface area contributed by atoms with Gasteiger partial charge in [-0.25, -0.2) is 0 Å². The molecule has 2 rings (SSSR count). The number of nitrogens with one attached hydrogen (secondary N) is 1. The number of thioether (sulfide) groups is 1. The van der Waals surface area contributed by atoms with Crippen LogP contribution in [0.4, 0.5) is 0 Å². The first kappa shape index (κ1) is 13.7. The Bertz CT molecular complexity index is 491. The van der Waals surface area contributed by atoms with Crippen LogP contribution in [0.15, 0.2) is 41.3 Å². The van der Waals surface area contributed by atoms with Gasteiger partial charge < -0.3 is 5.32 Å². The van der Waals surface area contributed by atoms with E-state index >= 15 is 0 Å². The van der Waals surface area contributed by atoms with Crippen LogP contribution in [-0.4, -0.2) is 7.05 Å². The van der Waals surface area contributed by atoms with Crippen molar-refractivity contribution in [3.63, 3.8) is 0 Å². The number of hydrogen-bond donors (Lipinski definition) is 1. The van der Waals surface area contributed by atoms with E-state index in [1.807, 2.05) is 30.1 Å². The standard InChI is InChI=1S/C15H19NS2/c1-3-13-7-8-15(18-13)11-17-14-6-4-5-12(9-14)10-16-2/h4-9,16H,3,10-11H2,1-2H3. The first-order valence-electron chi connectivity index (χ1n) is 6.25. The van der Waals surface area contributed by atoms with Crippen LogP contribution in [0.5, 0.6) is 0 Å². The summed E-state index contributed by atoms with van der Waals surface area (Å²) < 4.78 is 0. The van der Waals surface area contributed by atoms with Gasteiger partial charge in [-0.2, -0.15) is 0 Å². The van der Waals surface area contributed by atoms with Gasteiger partial charge in [-0.05, 0) is 43.3 Å². The molecule has 18 heavy (non-hydrogen) atoms. The van der Waals surface area contributed by atoms with Crippen molar-refractivity contribution in [2.24, 2.45) is 0 Å². The van der Waals surface area contributed by atoms with E-state index in [0.29, 0.717) is 0 Å². The van der Waals surface area contributed by atoms with Crippen molar-refractivity contribution >= 4 is 23.1 Å². The lowest BCUT2D eigenvalue weighted by Gasteiger charge is -2.04. The zero-order valence-corrected chi connectivity index (χ0v) is 12.5. The molecule has 0 radical (unpaired) electrons. The molecule has 1 aromatic heterocycles. The van der Waals surface area contributed by atoms with Gasteiger partial charge >= 0.3 is 0 Å². The maximum atomic E-state index is 3.19. The zero-order valence-electron chi connectivity index (χ0n) is 10.9. The van der Waals surface area contributed by atoms with E-state index in [1.165, 1.54) is 20.2 Å². The molecule has 0 fully saturated rings. The zero-order chi connectivity index (χ0) is 12.8. The highest BCUT2D eigenvalue weighted by Gasteiger charge is 2.01. The molecular weight excluding hydrogens is 258 g/mol. The van der Waals surface area contributed by atoms with E-state index in [9.17, 15) is 0 Å². The van der Waals surface area contributed by atoms with Gasteiger partial charge in [-0.1, -0.05) is 19.1 Å². The topological polar surface area (TPSA) is 12.0 Å². The highest BCUT2D eigenvalue weighted by Crippen LogP contribution is 2.27. The lowest BCUT2D eigenvalue weighted by Crippen LogP contribution is -2.04. The van der Waals surface area contributed by atoms with Crippen LogP contribution < -0.4 is 5.32 Å². The summed E-state index contributed by atoms with van der Waals surface area (Å²) in [6.45, 7) is 3.15. The van der Waals surface area contributed by atoms with Crippen LogP contribution in [0.25, 0.3) is 0 Å². The predicted octanol–water partition coefficient (Wildman–Crippen LogP) is 4.32. The summed E-state index contributed by atoms with van der Waals surface area (Å²) in [6.07, 6.45) is 1.15. The molecule has 0 saturated carbocycles. The van der Waals surface area contributed by atoms with E-state index < -0.39 is 0 Å². The Morgan fingerprint density at radius 1 is 1.17 bits per heavy atom. The number of rotatable bonds is 6. The summed E-state index contributed by atoms with van der Waals surface area (Å²) in [4.78, 5) is 4.31. The Kier molecular flexibility index (Phi) is 5.29. The SMILES string of the molecule is CCc1ccc(CSc2cccc(CNC)c2)s1. The van der Waals surface area contributed by atoms with Crippen molar-refractivity contribution in [2.75, 3.05) is 7.05 Å². The van der Waals surface area contributed by atoms with Gasteiger partial charge in [0.1, 0.15) is 0 Å². The average Bonchev–Trinajstić information content (AvgIpc) is 2.85. The molecule has 3 heteroatoms. The van der Waals surface area contributed by atoms with Crippen molar-refractivity contribution in [3.8, 4) is 0 Å². The highest BCUT2D eigenvalue weighted by atomic mass is 32.2. The fourth-order valence-corrected chi connectivity index (χ4v) is 3.77. The summed E-state index contributed by atoms with van der Waals surface area (Å²) in [5, 5.41) is 3.19. The minimum atomic E-state index is 0.938. The maximum Gasteiger partial charge on any atom is 0.0326 e. The first-order chi connectivity index (χ1) is 8.81. The predicted molar refractivity (Wildman–Crippen MR) is 82.5 cm³/mol. The Hall–Kier alpha value is -0.770. The smallest absolute Gasteiger partial charge is 0.0326 e. The summed E-state index contributed by atoms with van der Waals surface area (Å²) in [5.41, 5.74) is 1.35. The number of thiophene rings is 1. The molecular formula is C15H19NS2. The fourth-order valence-electron chi connectivity index (χ4n) is 1.79. The van der Waals surface area contributed by atoms with Gasteiger partial charge in [0.25, 0.3) is 0 Å². The molecule has 0 spiro atoms. The molecule has 1 N–H and O–H groups in total. The Labute approximate surface area is 118 Å². The number of hydrogen-bond acceptors (Lipinski definition) is 3. The third-order valence-electron chi connectivity index (χ3n) is 2.73. The number of aryl methyl sites for hydroxylation is 1. The highest BCUT2D eigenvalue weighted by molar-refractivity contribution is 7.98. The Morgan fingerprint density at radius 3 is 2.72 bits per heavy atom. The minimum absolute atomic E-state index is 0.938. The van der Waals surface area contributed by atoms with Crippen LogP contribution in [-0.2, 0) is 18.7 Å². The molecule has 2 aromatic rings. The number of benzene rings is 1. The summed E-state index contributed by atoms with van der Waals surface area (Å²) in [6, 6.07) is 13.3. The van der Waals surface area contributed by atoms with Gasteiger partial charge in [0.2, 0.25) is 0 Å². The second kappa shape index (κ2) is 6.98. The van der Waals surface area contributed by atoms with Gasteiger partial charge in [0.15, 0.2) is 0 Å². The van der Waals surface area contributed by atoms with E-state index in [2.05, 4.69) is 48.6 Å². The van der Waals surface area contributed by atoms with E-state index in [0.717, 1.165) is 18.7 Å². The Morgan fingerprint density at radius 2 is 2.00 bits per heavy atom. The summed E-state index contributed by atoms with van der Waals surface area (Å²) >= 11 is 3.85. The second-order valence-corrected chi connectivity index (χ2v) is 6.49. The maximum absolute atomic E-state index is 3.19. The van der Waals surface area contributed by atoms with Crippen molar-refractivity contribution < 1.29 is 0 Å². The van der Waals surface area contributed by atoms with Gasteiger partial charge in [-0.15, -0.1) is 23.1 Å². The van der Waals surface area contributed by atoms with Crippen molar-refractivity contribution in [3.05, 3.63) is 51.7 Å². The van der Waals surface area contributed by atoms with Crippen LogP contribution in [0.1, 0.15) is 22.2 Å². The van der Waals surface area contributed by atoms with Gasteiger partial charge in [0, 0.05) is 26.9 Å². The molecule has 1 nitrogen and oxygen atoms in total. The molecule has 0 atom stereocenters. The monoisotopic (exact) mass is 277 g/mol. The van der Waals surface area contributed by atoms with Crippen LogP contribution in [0.3, 0.4) is 0 Å². The summed E-state index contributed by atoms with van der Waals surface area (Å²) in [7, 11) is 1.98. The van der Waals surface area contributed by atoms with Crippen molar-refractivity contribution in [1.82, 2.24) is 5.32 Å². The first-order valence-corrected chi connectivity index (χ1v) is 8.06. The molecule has 0 aliphatic rings. The van der Waals surface area contributed by atoms with E-state index in [1.54, 1.807) is 0 Å². The van der Waals surface area contributed by atoms with E-state index in [-0.39, 0.29) is 0 Å². The quantitative estimate of drug-likeness (QED) is 0.789. The van der Waals surface area contributed by atoms with Crippen LogP contribution in [0, 0.1) is 0 Å². The second-order valence-electron chi connectivity index (χ2n) is 4.19. The van der Waals surface area contributed by atoms with Gasteiger partial charge in [-0.3, -0.25) is 0 Å². The molecule has 0 aliphatic carbocycles. The van der Waals surface area contributed by atoms with Crippen LogP contribution in [0.2, 0.25) is 0 Å². The molecule has 96 valence electrons. The lowest BCUT2D eigenvalue weighted by atomic mass is 10.2. The van der Waals surface area contributed by atoms with Crippen molar-refractivity contribution in [1.29, 1.82) is 0 Å². The molecule has 0 aliphatic heterocycles. The molecule has 0 unspecified atom stereocenters. The lowest BCUT2D eigenvalue weighted by molar-refractivity contribution is 0.815. The molecule has 1 aromatic carbocycles. The van der Waals surface area contributed by atoms with Crippen molar-refractivity contribution in [2.45, 2.75) is 30.5 Å². The van der Waals surface area contributed by atoms with E-state index in [4.69, 9.17) is 0 Å². The largest absolute Gasteiger partial charge is 0.316 e. The molecule has 1 heterocycles. The third-order valence-corrected chi connectivity index (χ3v) is 5.18. The van der Waals surface area contributed by atoms with Gasteiger partial charge in [0.05, 0.1) is 0 Å². The fraction of sp³-hybridized carbons (Fsp3) is 0.333. The summed E-state index contributed by atoms with van der Waals surface area (Å²) in [5.74, 6) is 1.08. The molecule has 0 bridgehead atoms. The molecule has 0 saturated heterocycles. The third kappa shape index (κ3) is 3.87. The normalized spacial score (nSPS) is 10.8. The average molecular weight is 277 g/mol. The van der Waals surface area contributed by atoms with Crippen LogP contribution >= 0.6 is 23.1 Å².